The van der Waals surface area contributed by atoms with Crippen molar-refractivity contribution in [1.29, 1.82) is 0 Å². The Balaban J connectivity index is 2.55. The summed E-state index contributed by atoms with van der Waals surface area (Å²) in [5, 5.41) is 0. The highest BCUT2D eigenvalue weighted by atomic mass is 14.2. The van der Waals surface area contributed by atoms with Gasteiger partial charge in [-0.25, -0.2) is 0 Å². The Morgan fingerprint density at radius 2 is 1.37 bits per heavy atom. The summed E-state index contributed by atoms with van der Waals surface area (Å²) < 4.78 is 0. The summed E-state index contributed by atoms with van der Waals surface area (Å²) in [6.45, 7) is 6.82. The molecule has 1 aromatic carbocycles. The molecular weight excluding hydrogens is 228 g/mol. The molecule has 0 N–H and O–H groups in total. The van der Waals surface area contributed by atoms with Crippen molar-refractivity contribution in [3.63, 3.8) is 0 Å². The third kappa shape index (κ3) is 6.27. The summed E-state index contributed by atoms with van der Waals surface area (Å²) in [4.78, 5) is 0. The van der Waals surface area contributed by atoms with Crippen LogP contribution in [0.25, 0.3) is 0 Å². The molecule has 0 aromatic heterocycles. The second kappa shape index (κ2) is 10.1. The predicted octanol–water partition coefficient (Wildman–Crippen LogP) is 6.49. The van der Waals surface area contributed by atoms with Crippen molar-refractivity contribution in [2.24, 2.45) is 0 Å². The predicted molar refractivity (Wildman–Crippen MR) is 86.8 cm³/mol. The summed E-state index contributed by atoms with van der Waals surface area (Å²) in [5.41, 5.74) is 3.03. The van der Waals surface area contributed by atoms with E-state index in [1.165, 1.54) is 56.9 Å². The van der Waals surface area contributed by atoms with E-state index < -0.39 is 0 Å². The standard InChI is InChI=1S/C19H32/c1-4-7-9-10-12-18(11-8-5-2)19-15-13-17(6-3)14-16-19/h13-16,18H,4-12H2,1-3H3. The van der Waals surface area contributed by atoms with Crippen molar-refractivity contribution in [3.05, 3.63) is 35.4 Å². The Bertz CT molecular complexity index is 309. The van der Waals surface area contributed by atoms with Crippen LogP contribution in [0.1, 0.15) is 89.2 Å². The maximum atomic E-state index is 2.37. The van der Waals surface area contributed by atoms with Crippen molar-refractivity contribution in [2.75, 3.05) is 0 Å². The Morgan fingerprint density at radius 1 is 0.737 bits per heavy atom. The highest BCUT2D eigenvalue weighted by Crippen LogP contribution is 2.28. The normalized spacial score (nSPS) is 12.6. The topological polar surface area (TPSA) is 0 Å². The molecule has 0 bridgehead atoms. The van der Waals surface area contributed by atoms with Crippen LogP contribution in [0.2, 0.25) is 0 Å². The second-order valence-corrected chi connectivity index (χ2v) is 5.78. The van der Waals surface area contributed by atoms with Gasteiger partial charge in [0.2, 0.25) is 0 Å². The first-order valence-corrected chi connectivity index (χ1v) is 8.40. The molecule has 108 valence electrons. The van der Waals surface area contributed by atoms with Crippen LogP contribution >= 0.6 is 0 Å². The fourth-order valence-corrected chi connectivity index (χ4v) is 2.77. The third-order valence-corrected chi connectivity index (χ3v) is 4.17. The van der Waals surface area contributed by atoms with Gasteiger partial charge in [-0.3, -0.25) is 0 Å². The van der Waals surface area contributed by atoms with Gasteiger partial charge in [0.05, 0.1) is 0 Å². The first-order valence-electron chi connectivity index (χ1n) is 8.40. The first-order chi connectivity index (χ1) is 9.31. The van der Waals surface area contributed by atoms with E-state index in [2.05, 4.69) is 45.0 Å². The molecule has 0 aliphatic rings. The Kier molecular flexibility index (Phi) is 8.62. The quantitative estimate of drug-likeness (QED) is 0.422. The maximum absolute atomic E-state index is 2.37. The number of aryl methyl sites for hydroxylation is 1. The number of rotatable bonds is 10. The Labute approximate surface area is 120 Å². The molecule has 1 aromatic rings. The maximum Gasteiger partial charge on any atom is -0.0162 e. The molecule has 0 nitrogen and oxygen atoms in total. The molecule has 0 aliphatic carbocycles. The van der Waals surface area contributed by atoms with Crippen molar-refractivity contribution in [1.82, 2.24) is 0 Å². The lowest BCUT2D eigenvalue weighted by Gasteiger charge is -2.17. The van der Waals surface area contributed by atoms with Crippen molar-refractivity contribution in [2.45, 2.75) is 84.5 Å². The van der Waals surface area contributed by atoms with Crippen molar-refractivity contribution in [3.8, 4) is 0 Å². The van der Waals surface area contributed by atoms with Crippen LogP contribution in [0.3, 0.4) is 0 Å². The molecule has 0 heteroatoms. The van der Waals surface area contributed by atoms with Crippen LogP contribution in [0.15, 0.2) is 24.3 Å². The van der Waals surface area contributed by atoms with Gasteiger partial charge < -0.3 is 0 Å². The third-order valence-electron chi connectivity index (χ3n) is 4.17. The number of hydrogen-bond donors (Lipinski definition) is 0. The van der Waals surface area contributed by atoms with Gasteiger partial charge in [0, 0.05) is 0 Å². The molecule has 0 saturated heterocycles. The van der Waals surface area contributed by atoms with Gasteiger partial charge in [-0.15, -0.1) is 0 Å². The fourth-order valence-electron chi connectivity index (χ4n) is 2.77. The molecule has 0 saturated carbocycles. The van der Waals surface area contributed by atoms with Crippen LogP contribution in [0.5, 0.6) is 0 Å². The van der Waals surface area contributed by atoms with E-state index >= 15 is 0 Å². The molecule has 1 atom stereocenters. The zero-order valence-corrected chi connectivity index (χ0v) is 13.3. The summed E-state index contributed by atoms with van der Waals surface area (Å²) >= 11 is 0. The zero-order valence-electron chi connectivity index (χ0n) is 13.3. The summed E-state index contributed by atoms with van der Waals surface area (Å²) in [5.74, 6) is 0.794. The second-order valence-electron chi connectivity index (χ2n) is 5.78. The fraction of sp³-hybridized carbons (Fsp3) is 0.684. The zero-order chi connectivity index (χ0) is 13.9. The van der Waals surface area contributed by atoms with Crippen LogP contribution in [0, 0.1) is 0 Å². The van der Waals surface area contributed by atoms with Crippen LogP contribution < -0.4 is 0 Å². The largest absolute Gasteiger partial charge is 0.0654 e. The molecule has 0 amide bonds. The highest BCUT2D eigenvalue weighted by Gasteiger charge is 2.10. The van der Waals surface area contributed by atoms with E-state index in [1.54, 1.807) is 5.56 Å². The summed E-state index contributed by atoms with van der Waals surface area (Å²) in [6, 6.07) is 9.39. The monoisotopic (exact) mass is 260 g/mol. The lowest BCUT2D eigenvalue weighted by Crippen LogP contribution is -2.00. The lowest BCUT2D eigenvalue weighted by molar-refractivity contribution is 0.509. The molecule has 0 heterocycles. The molecule has 0 fully saturated rings. The molecule has 0 radical (unpaired) electrons. The van der Waals surface area contributed by atoms with Gasteiger partial charge in [-0.2, -0.15) is 0 Å². The number of hydrogen-bond acceptors (Lipinski definition) is 0. The minimum absolute atomic E-state index is 0.794. The van der Waals surface area contributed by atoms with Crippen LogP contribution in [-0.2, 0) is 6.42 Å². The van der Waals surface area contributed by atoms with E-state index in [1.807, 2.05) is 0 Å². The first kappa shape index (κ1) is 16.3. The van der Waals surface area contributed by atoms with E-state index in [0.717, 1.165) is 12.3 Å². The SMILES string of the molecule is CCCCCCC(CCCC)c1ccc(CC)cc1. The average Bonchev–Trinajstić information content (AvgIpc) is 2.47. The molecular formula is C19H32. The summed E-state index contributed by atoms with van der Waals surface area (Å²) in [7, 11) is 0. The molecule has 1 rings (SSSR count). The molecule has 0 aliphatic heterocycles. The Hall–Kier alpha value is -0.780. The average molecular weight is 260 g/mol. The van der Waals surface area contributed by atoms with E-state index in [4.69, 9.17) is 0 Å². The van der Waals surface area contributed by atoms with Gasteiger partial charge in [0.1, 0.15) is 0 Å². The van der Waals surface area contributed by atoms with E-state index in [0.29, 0.717) is 0 Å². The van der Waals surface area contributed by atoms with Crippen LogP contribution in [-0.4, -0.2) is 0 Å². The van der Waals surface area contributed by atoms with Gasteiger partial charge in [0.15, 0.2) is 0 Å². The molecule has 1 unspecified atom stereocenters. The minimum Gasteiger partial charge on any atom is -0.0654 e. The van der Waals surface area contributed by atoms with Gasteiger partial charge in [-0.05, 0) is 36.3 Å². The van der Waals surface area contributed by atoms with Gasteiger partial charge in [0.25, 0.3) is 0 Å². The number of benzene rings is 1. The Morgan fingerprint density at radius 3 is 1.95 bits per heavy atom. The van der Waals surface area contributed by atoms with E-state index in [9.17, 15) is 0 Å². The molecule has 19 heavy (non-hydrogen) atoms. The number of unbranched alkanes of at least 4 members (excludes halogenated alkanes) is 4. The summed E-state index contributed by atoms with van der Waals surface area (Å²) in [6.07, 6.45) is 12.1. The smallest absolute Gasteiger partial charge is 0.0162 e. The van der Waals surface area contributed by atoms with Crippen molar-refractivity contribution >= 4 is 0 Å². The van der Waals surface area contributed by atoms with Gasteiger partial charge >= 0.3 is 0 Å². The minimum atomic E-state index is 0.794. The van der Waals surface area contributed by atoms with Gasteiger partial charge in [-0.1, -0.05) is 83.6 Å². The van der Waals surface area contributed by atoms with Crippen LogP contribution in [0.4, 0.5) is 0 Å². The highest BCUT2D eigenvalue weighted by molar-refractivity contribution is 5.25. The molecule has 0 spiro atoms. The lowest BCUT2D eigenvalue weighted by atomic mass is 9.88. The van der Waals surface area contributed by atoms with Crippen molar-refractivity contribution < 1.29 is 0 Å². The van der Waals surface area contributed by atoms with E-state index in [-0.39, 0.29) is 0 Å².